The molecule has 4 heterocycles. The first-order chi connectivity index (χ1) is 15.6. The summed E-state index contributed by atoms with van der Waals surface area (Å²) in [6, 6.07) is 9.81. The van der Waals surface area contributed by atoms with Crippen molar-refractivity contribution in [1.29, 1.82) is 0 Å². The summed E-state index contributed by atoms with van der Waals surface area (Å²) in [6.07, 6.45) is 6.51. The lowest BCUT2D eigenvalue weighted by Gasteiger charge is -2.33. The van der Waals surface area contributed by atoms with E-state index in [1.54, 1.807) is 18.2 Å². The Kier molecular flexibility index (Phi) is 7.32. The lowest BCUT2D eigenvalue weighted by molar-refractivity contribution is -0.136. The molecule has 2 aromatic heterocycles. The van der Waals surface area contributed by atoms with Gasteiger partial charge in [0, 0.05) is 64.1 Å². The molecule has 2 amide bonds. The number of pyridine rings is 2. The predicted octanol–water partition coefficient (Wildman–Crippen LogP) is 2.81. The third-order valence-corrected chi connectivity index (χ3v) is 6.29. The molecule has 0 saturated carbocycles. The van der Waals surface area contributed by atoms with Crippen LogP contribution in [0.3, 0.4) is 0 Å². The van der Waals surface area contributed by atoms with Crippen LogP contribution in [0.25, 0.3) is 0 Å². The molecule has 0 spiro atoms. The minimum atomic E-state index is -0.211. The first-order valence-corrected chi connectivity index (χ1v) is 11.3. The van der Waals surface area contributed by atoms with E-state index < -0.39 is 0 Å². The third kappa shape index (κ3) is 5.43. The number of amides is 2. The first kappa shape index (κ1) is 22.2. The van der Waals surface area contributed by atoms with Gasteiger partial charge in [0.15, 0.2) is 0 Å². The number of carbonyl (C=O) groups is 2. The van der Waals surface area contributed by atoms with Gasteiger partial charge in [-0.3, -0.25) is 14.6 Å². The minimum absolute atomic E-state index is 0.0814. The van der Waals surface area contributed by atoms with E-state index in [9.17, 15) is 9.59 Å². The normalized spacial score (nSPS) is 19.4. The molecule has 32 heavy (non-hydrogen) atoms. The number of ether oxygens (including phenoxy) is 1. The van der Waals surface area contributed by atoms with E-state index in [0.29, 0.717) is 45.1 Å². The van der Waals surface area contributed by atoms with Gasteiger partial charge in [-0.25, -0.2) is 4.98 Å². The van der Waals surface area contributed by atoms with Gasteiger partial charge in [-0.05, 0) is 43.5 Å². The molecule has 2 aliphatic heterocycles. The Morgan fingerprint density at radius 2 is 2.03 bits per heavy atom. The Morgan fingerprint density at radius 3 is 2.72 bits per heavy atom. The average molecular weight is 438 g/mol. The number of piperidine rings is 1. The highest BCUT2D eigenvalue weighted by atomic mass is 16.5. The van der Waals surface area contributed by atoms with E-state index >= 15 is 0 Å². The van der Waals surface area contributed by atoms with Crippen LogP contribution in [0.5, 0.6) is 0 Å². The van der Waals surface area contributed by atoms with Crippen molar-refractivity contribution in [2.75, 3.05) is 45.2 Å². The molecule has 1 N–H and O–H groups in total. The fourth-order valence-electron chi connectivity index (χ4n) is 4.51. The summed E-state index contributed by atoms with van der Waals surface area (Å²) in [6.45, 7) is 3.26. The van der Waals surface area contributed by atoms with Crippen LogP contribution < -0.4 is 5.32 Å². The molecule has 0 aliphatic carbocycles. The first-order valence-electron chi connectivity index (χ1n) is 11.3. The van der Waals surface area contributed by atoms with Crippen LogP contribution in [0.2, 0.25) is 0 Å². The SMILES string of the molecule is COCCCN1C[C@@H](C(=O)N2CCC(c3ccc(Nc4ccccn4)cn3)CC2)CC1=O. The van der Waals surface area contributed by atoms with E-state index in [0.717, 1.165) is 36.5 Å². The smallest absolute Gasteiger partial charge is 0.227 e. The molecule has 0 radical (unpaired) electrons. The lowest BCUT2D eigenvalue weighted by atomic mass is 9.92. The minimum Gasteiger partial charge on any atom is -0.385 e. The number of hydrogen-bond donors (Lipinski definition) is 1. The van der Waals surface area contributed by atoms with Crippen molar-refractivity contribution in [2.24, 2.45) is 5.92 Å². The van der Waals surface area contributed by atoms with Crippen LogP contribution in [0.1, 0.15) is 37.3 Å². The topological polar surface area (TPSA) is 87.7 Å². The van der Waals surface area contributed by atoms with Crippen LogP contribution in [0.15, 0.2) is 42.7 Å². The van der Waals surface area contributed by atoms with E-state index in [1.807, 2.05) is 35.4 Å². The molecule has 2 aliphatic rings. The Morgan fingerprint density at radius 1 is 1.19 bits per heavy atom. The molecule has 1 atom stereocenters. The second-order valence-corrected chi connectivity index (χ2v) is 8.50. The maximum atomic E-state index is 13.0. The number of nitrogens with zero attached hydrogens (tertiary/aromatic N) is 4. The van der Waals surface area contributed by atoms with E-state index in [4.69, 9.17) is 4.74 Å². The van der Waals surface area contributed by atoms with Crippen LogP contribution in [0.4, 0.5) is 11.5 Å². The Hall–Kier alpha value is -3.00. The third-order valence-electron chi connectivity index (χ3n) is 6.29. The highest BCUT2D eigenvalue weighted by molar-refractivity contribution is 5.89. The number of carbonyl (C=O) groups excluding carboxylic acids is 2. The van der Waals surface area contributed by atoms with Gasteiger partial charge >= 0.3 is 0 Å². The van der Waals surface area contributed by atoms with Crippen molar-refractivity contribution in [3.05, 3.63) is 48.4 Å². The molecule has 8 heteroatoms. The van der Waals surface area contributed by atoms with Gasteiger partial charge in [0.25, 0.3) is 0 Å². The standard InChI is InChI=1S/C24H31N5O3/c1-32-14-4-11-29-17-19(15-23(29)30)24(31)28-12-8-18(9-13-28)21-7-6-20(16-26-21)27-22-5-2-3-10-25-22/h2-3,5-7,10,16,18-19H,4,8-9,11-15,17H2,1H3,(H,25,27)/t19-/m0/s1. The van der Waals surface area contributed by atoms with Crippen molar-refractivity contribution in [3.63, 3.8) is 0 Å². The molecule has 2 saturated heterocycles. The van der Waals surface area contributed by atoms with Crippen LogP contribution in [-0.4, -0.2) is 71.5 Å². The molecule has 2 aromatic rings. The summed E-state index contributed by atoms with van der Waals surface area (Å²) in [5.41, 5.74) is 1.96. The highest BCUT2D eigenvalue weighted by Gasteiger charge is 2.37. The lowest BCUT2D eigenvalue weighted by Crippen LogP contribution is -2.42. The predicted molar refractivity (Wildman–Crippen MR) is 121 cm³/mol. The molecule has 8 nitrogen and oxygen atoms in total. The summed E-state index contributed by atoms with van der Waals surface area (Å²) in [4.78, 5) is 37.9. The fourth-order valence-corrected chi connectivity index (χ4v) is 4.51. The van der Waals surface area contributed by atoms with E-state index in [-0.39, 0.29) is 17.7 Å². The Labute approximate surface area is 189 Å². The zero-order chi connectivity index (χ0) is 22.3. The van der Waals surface area contributed by atoms with Crippen molar-refractivity contribution in [2.45, 2.75) is 31.6 Å². The number of hydrogen-bond acceptors (Lipinski definition) is 6. The van der Waals surface area contributed by atoms with E-state index in [1.165, 1.54) is 0 Å². The molecule has 4 rings (SSSR count). The molecular formula is C24H31N5O3. The summed E-state index contributed by atoms with van der Waals surface area (Å²) < 4.78 is 5.06. The zero-order valence-corrected chi connectivity index (χ0v) is 18.6. The summed E-state index contributed by atoms with van der Waals surface area (Å²) in [5.74, 6) is 1.12. The number of aromatic nitrogens is 2. The quantitative estimate of drug-likeness (QED) is 0.639. The van der Waals surface area contributed by atoms with E-state index in [2.05, 4.69) is 21.4 Å². The van der Waals surface area contributed by atoms with Crippen LogP contribution in [-0.2, 0) is 14.3 Å². The van der Waals surface area contributed by atoms with Crippen molar-refractivity contribution >= 4 is 23.3 Å². The molecule has 0 bridgehead atoms. The molecule has 170 valence electrons. The summed E-state index contributed by atoms with van der Waals surface area (Å²) in [5, 5.41) is 3.25. The summed E-state index contributed by atoms with van der Waals surface area (Å²) >= 11 is 0. The Balaban J connectivity index is 1.26. The second-order valence-electron chi connectivity index (χ2n) is 8.50. The van der Waals surface area contributed by atoms with Gasteiger partial charge in [-0.15, -0.1) is 0 Å². The van der Waals surface area contributed by atoms with Gasteiger partial charge in [-0.1, -0.05) is 6.07 Å². The number of rotatable bonds is 8. The van der Waals surface area contributed by atoms with Gasteiger partial charge < -0.3 is 19.9 Å². The second kappa shape index (κ2) is 10.5. The zero-order valence-electron chi connectivity index (χ0n) is 18.6. The molecule has 2 fully saturated rings. The van der Waals surface area contributed by atoms with Crippen molar-refractivity contribution < 1.29 is 14.3 Å². The molecular weight excluding hydrogens is 406 g/mol. The number of anilines is 2. The number of methoxy groups -OCH3 is 1. The Bertz CT molecular complexity index is 898. The average Bonchev–Trinajstić information content (AvgIpc) is 3.20. The summed E-state index contributed by atoms with van der Waals surface area (Å²) in [7, 11) is 1.66. The van der Waals surface area contributed by atoms with Gasteiger partial charge in [0.2, 0.25) is 11.8 Å². The molecule has 0 aromatic carbocycles. The van der Waals surface area contributed by atoms with Crippen LogP contribution >= 0.6 is 0 Å². The fraction of sp³-hybridized carbons (Fsp3) is 0.500. The van der Waals surface area contributed by atoms with Crippen LogP contribution in [0, 0.1) is 5.92 Å². The van der Waals surface area contributed by atoms with Gasteiger partial charge in [0.1, 0.15) is 5.82 Å². The van der Waals surface area contributed by atoms with Crippen molar-refractivity contribution in [3.8, 4) is 0 Å². The maximum absolute atomic E-state index is 13.0. The number of nitrogens with one attached hydrogen (secondary N) is 1. The maximum Gasteiger partial charge on any atom is 0.227 e. The number of likely N-dealkylation sites (tertiary alicyclic amines) is 2. The molecule has 0 unspecified atom stereocenters. The largest absolute Gasteiger partial charge is 0.385 e. The van der Waals surface area contributed by atoms with Gasteiger partial charge in [0.05, 0.1) is 17.8 Å². The highest BCUT2D eigenvalue weighted by Crippen LogP contribution is 2.29. The van der Waals surface area contributed by atoms with Crippen molar-refractivity contribution in [1.82, 2.24) is 19.8 Å². The monoisotopic (exact) mass is 437 g/mol. The van der Waals surface area contributed by atoms with Gasteiger partial charge in [-0.2, -0.15) is 0 Å².